The summed E-state index contributed by atoms with van der Waals surface area (Å²) in [5.74, 6) is -1.62. The van der Waals surface area contributed by atoms with Crippen LogP contribution in [0.2, 0.25) is 5.02 Å². The van der Waals surface area contributed by atoms with Crippen molar-refractivity contribution in [1.29, 1.82) is 0 Å². The summed E-state index contributed by atoms with van der Waals surface area (Å²) in [7, 11) is -4.25. The van der Waals surface area contributed by atoms with E-state index in [0.29, 0.717) is 18.0 Å². The molecule has 0 radical (unpaired) electrons. The highest BCUT2D eigenvalue weighted by Gasteiger charge is 2.34. The monoisotopic (exact) mass is 621 g/mol. The number of sulfonamides is 1. The summed E-state index contributed by atoms with van der Waals surface area (Å²) in [4.78, 5) is 29.1. The van der Waals surface area contributed by atoms with E-state index in [-0.39, 0.29) is 29.1 Å². The molecule has 1 N–H and O–H groups in total. The lowest BCUT2D eigenvalue weighted by Crippen LogP contribution is -2.53. The van der Waals surface area contributed by atoms with E-state index in [1.54, 1.807) is 42.5 Å². The van der Waals surface area contributed by atoms with Gasteiger partial charge in [0.15, 0.2) is 0 Å². The number of rotatable bonds is 13. The van der Waals surface area contributed by atoms with Gasteiger partial charge in [-0.25, -0.2) is 12.8 Å². The molecular weight excluding hydrogens is 589 g/mol. The minimum atomic E-state index is -4.25. The maximum atomic E-state index is 14.9. The van der Waals surface area contributed by atoms with Gasteiger partial charge < -0.3 is 10.2 Å². The van der Waals surface area contributed by atoms with E-state index in [4.69, 9.17) is 11.6 Å². The second-order valence-corrected chi connectivity index (χ2v) is 12.2. The number of nitrogens with one attached hydrogen (secondary N) is 1. The molecule has 0 saturated carbocycles. The van der Waals surface area contributed by atoms with Gasteiger partial charge in [0.25, 0.3) is 10.0 Å². The second-order valence-electron chi connectivity index (χ2n) is 9.91. The van der Waals surface area contributed by atoms with Crippen LogP contribution in [0, 0.1) is 5.82 Å². The van der Waals surface area contributed by atoms with Crippen LogP contribution in [0.1, 0.15) is 24.5 Å². The Hall–Kier alpha value is -4.21. The Kier molecular flexibility index (Phi) is 10.9. The molecule has 224 valence electrons. The molecule has 4 aromatic rings. The summed E-state index contributed by atoms with van der Waals surface area (Å²) in [6, 6.07) is 28.0. The van der Waals surface area contributed by atoms with Crippen molar-refractivity contribution in [3.8, 4) is 0 Å². The lowest BCUT2D eigenvalue weighted by atomic mass is 10.0. The van der Waals surface area contributed by atoms with Gasteiger partial charge in [0, 0.05) is 30.1 Å². The first-order valence-electron chi connectivity index (χ1n) is 13.9. The fourth-order valence-corrected chi connectivity index (χ4v) is 6.13. The van der Waals surface area contributed by atoms with Crippen molar-refractivity contribution >= 4 is 39.1 Å². The quantitative estimate of drug-likeness (QED) is 0.203. The number of para-hydroxylation sites is 1. The summed E-state index contributed by atoms with van der Waals surface area (Å²) in [6.45, 7) is 1.42. The Labute approximate surface area is 257 Å². The molecule has 0 spiro atoms. The van der Waals surface area contributed by atoms with Crippen LogP contribution in [0.15, 0.2) is 114 Å². The smallest absolute Gasteiger partial charge is 0.264 e. The van der Waals surface area contributed by atoms with Crippen LogP contribution < -0.4 is 9.62 Å². The van der Waals surface area contributed by atoms with Crippen molar-refractivity contribution in [2.45, 2.75) is 37.2 Å². The molecule has 0 saturated heterocycles. The van der Waals surface area contributed by atoms with E-state index in [9.17, 15) is 22.4 Å². The number of amides is 2. The summed E-state index contributed by atoms with van der Waals surface area (Å²) in [6.07, 6.45) is 0.817. The number of nitrogens with zero attached hydrogens (tertiary/aromatic N) is 2. The van der Waals surface area contributed by atoms with Gasteiger partial charge in [-0.05, 0) is 54.4 Å². The van der Waals surface area contributed by atoms with Crippen LogP contribution in [0.5, 0.6) is 0 Å². The summed E-state index contributed by atoms with van der Waals surface area (Å²) in [5.41, 5.74) is 1.25. The Balaban J connectivity index is 1.78. The highest BCUT2D eigenvalue weighted by molar-refractivity contribution is 7.92. The SMILES string of the molecule is CCCNC(=O)C(Cc1ccccc1)N(Cc1ccccc1F)C(=O)CN(c1ccccc1)S(=O)(=O)c1ccc(Cl)cc1. The van der Waals surface area contributed by atoms with Crippen LogP contribution in [-0.2, 0) is 32.6 Å². The molecule has 0 aliphatic rings. The Morgan fingerprint density at radius 1 is 0.860 bits per heavy atom. The van der Waals surface area contributed by atoms with Crippen molar-refractivity contribution < 1.29 is 22.4 Å². The van der Waals surface area contributed by atoms with Crippen molar-refractivity contribution in [2.75, 3.05) is 17.4 Å². The number of benzene rings is 4. The van der Waals surface area contributed by atoms with E-state index in [0.717, 1.165) is 9.87 Å². The first kappa shape index (κ1) is 31.7. The fourth-order valence-electron chi connectivity index (χ4n) is 4.59. The minimum Gasteiger partial charge on any atom is -0.354 e. The fraction of sp³-hybridized carbons (Fsp3) is 0.212. The number of anilines is 1. The molecule has 4 aromatic carbocycles. The molecule has 2 amide bonds. The van der Waals surface area contributed by atoms with Crippen LogP contribution in [-0.4, -0.2) is 44.3 Å². The van der Waals surface area contributed by atoms with Crippen molar-refractivity contribution in [3.05, 3.63) is 131 Å². The summed E-state index contributed by atoms with van der Waals surface area (Å²) in [5, 5.41) is 3.22. The molecule has 0 heterocycles. The maximum absolute atomic E-state index is 14.9. The molecule has 1 unspecified atom stereocenters. The molecule has 0 bridgehead atoms. The molecule has 1 atom stereocenters. The third kappa shape index (κ3) is 8.21. The van der Waals surface area contributed by atoms with Crippen molar-refractivity contribution in [1.82, 2.24) is 10.2 Å². The molecular formula is C33H33ClFN3O4S. The zero-order valence-electron chi connectivity index (χ0n) is 23.7. The normalized spacial score (nSPS) is 11.9. The van der Waals surface area contributed by atoms with E-state index in [1.807, 2.05) is 37.3 Å². The number of carbonyl (C=O) groups is 2. The van der Waals surface area contributed by atoms with E-state index in [2.05, 4.69) is 5.32 Å². The minimum absolute atomic E-state index is 0.0595. The number of hydrogen-bond acceptors (Lipinski definition) is 4. The van der Waals surface area contributed by atoms with Gasteiger partial charge in [-0.2, -0.15) is 0 Å². The largest absolute Gasteiger partial charge is 0.354 e. The predicted molar refractivity (Wildman–Crippen MR) is 167 cm³/mol. The van der Waals surface area contributed by atoms with Gasteiger partial charge in [0.05, 0.1) is 10.6 Å². The number of hydrogen-bond donors (Lipinski definition) is 1. The lowest BCUT2D eigenvalue weighted by Gasteiger charge is -2.34. The average Bonchev–Trinajstić information content (AvgIpc) is 3.02. The third-order valence-corrected chi connectivity index (χ3v) is 8.88. The predicted octanol–water partition coefficient (Wildman–Crippen LogP) is 5.84. The van der Waals surface area contributed by atoms with Crippen molar-refractivity contribution in [2.24, 2.45) is 0 Å². The van der Waals surface area contributed by atoms with Crippen molar-refractivity contribution in [3.63, 3.8) is 0 Å². The zero-order chi connectivity index (χ0) is 30.8. The van der Waals surface area contributed by atoms with E-state index in [1.165, 1.54) is 41.3 Å². The molecule has 0 aromatic heterocycles. The van der Waals surface area contributed by atoms with Gasteiger partial charge in [-0.1, -0.05) is 85.3 Å². The zero-order valence-corrected chi connectivity index (χ0v) is 25.3. The standard InChI is InChI=1S/C33H33ClFN3O4S/c1-2-21-36-33(40)31(22-25-11-5-3-6-12-25)37(23-26-13-9-10-16-30(26)35)32(39)24-38(28-14-7-4-8-15-28)43(41,42)29-19-17-27(34)18-20-29/h3-20,31H,2,21-24H2,1H3,(H,36,40). The molecule has 10 heteroatoms. The molecule has 7 nitrogen and oxygen atoms in total. The van der Waals surface area contributed by atoms with Crippen LogP contribution in [0.4, 0.5) is 10.1 Å². The average molecular weight is 622 g/mol. The highest BCUT2D eigenvalue weighted by Crippen LogP contribution is 2.26. The molecule has 43 heavy (non-hydrogen) atoms. The lowest BCUT2D eigenvalue weighted by molar-refractivity contribution is -0.140. The van der Waals surface area contributed by atoms with E-state index >= 15 is 0 Å². The summed E-state index contributed by atoms with van der Waals surface area (Å²) < 4.78 is 43.8. The third-order valence-electron chi connectivity index (χ3n) is 6.84. The van der Waals surface area contributed by atoms with Crippen LogP contribution in [0.3, 0.4) is 0 Å². The van der Waals surface area contributed by atoms with Gasteiger partial charge in [0.1, 0.15) is 18.4 Å². The van der Waals surface area contributed by atoms with Gasteiger partial charge >= 0.3 is 0 Å². The summed E-state index contributed by atoms with van der Waals surface area (Å²) >= 11 is 6.00. The van der Waals surface area contributed by atoms with Gasteiger partial charge in [-0.3, -0.25) is 13.9 Å². The first-order valence-corrected chi connectivity index (χ1v) is 15.7. The van der Waals surface area contributed by atoms with Crippen LogP contribution in [0.25, 0.3) is 0 Å². The Morgan fingerprint density at radius 3 is 2.09 bits per heavy atom. The Morgan fingerprint density at radius 2 is 1.47 bits per heavy atom. The molecule has 0 aliphatic carbocycles. The van der Waals surface area contributed by atoms with Gasteiger partial charge in [0.2, 0.25) is 11.8 Å². The highest BCUT2D eigenvalue weighted by atomic mass is 35.5. The number of carbonyl (C=O) groups excluding carboxylic acids is 2. The molecule has 0 aliphatic heterocycles. The van der Waals surface area contributed by atoms with E-state index < -0.39 is 40.2 Å². The Bertz CT molecular complexity index is 1620. The number of halogens is 2. The molecule has 4 rings (SSSR count). The first-order chi connectivity index (χ1) is 20.7. The van der Waals surface area contributed by atoms with Crippen LogP contribution >= 0.6 is 11.6 Å². The second kappa shape index (κ2) is 14.8. The topological polar surface area (TPSA) is 86.8 Å². The van der Waals surface area contributed by atoms with Gasteiger partial charge in [-0.15, -0.1) is 0 Å². The maximum Gasteiger partial charge on any atom is 0.264 e. The molecule has 0 fully saturated rings.